The molecule has 0 saturated carbocycles. The molecular weight excluding hydrogens is 386 g/mol. The number of aromatic nitrogens is 2. The molecule has 1 saturated heterocycles. The van der Waals surface area contributed by atoms with Gasteiger partial charge in [0.1, 0.15) is 23.8 Å². The van der Waals surface area contributed by atoms with Crippen LogP contribution in [-0.2, 0) is 17.9 Å². The Morgan fingerprint density at radius 1 is 1.10 bits per heavy atom. The molecule has 9 nitrogen and oxygen atoms in total. The number of piperidine rings is 1. The number of hydrogen-bond acceptors (Lipinski definition) is 6. The Morgan fingerprint density at radius 3 is 2.37 bits per heavy atom. The van der Waals surface area contributed by atoms with Crippen molar-refractivity contribution in [3.05, 3.63) is 45.1 Å². The van der Waals surface area contributed by atoms with Gasteiger partial charge in [-0.2, -0.15) is 0 Å². The zero-order valence-corrected chi connectivity index (χ0v) is 17.5. The van der Waals surface area contributed by atoms with Crippen LogP contribution in [0.2, 0.25) is 0 Å². The van der Waals surface area contributed by atoms with Gasteiger partial charge in [-0.3, -0.25) is 14.2 Å². The van der Waals surface area contributed by atoms with Gasteiger partial charge in [-0.15, -0.1) is 0 Å². The van der Waals surface area contributed by atoms with Gasteiger partial charge in [-0.05, 0) is 49.9 Å². The van der Waals surface area contributed by atoms with E-state index in [9.17, 15) is 14.4 Å². The number of carbonyl (C=O) groups is 1. The summed E-state index contributed by atoms with van der Waals surface area (Å²) in [5.41, 5.74) is 6.04. The van der Waals surface area contributed by atoms with E-state index in [-0.39, 0.29) is 12.4 Å². The van der Waals surface area contributed by atoms with E-state index in [2.05, 4.69) is 5.32 Å². The lowest BCUT2D eigenvalue weighted by Crippen LogP contribution is -2.47. The molecule has 0 spiro atoms. The Labute approximate surface area is 175 Å². The van der Waals surface area contributed by atoms with Gasteiger partial charge in [0.15, 0.2) is 0 Å². The summed E-state index contributed by atoms with van der Waals surface area (Å²) in [6.45, 7) is 3.35. The molecule has 0 aliphatic carbocycles. The largest absolute Gasteiger partial charge is 0.497 e. The van der Waals surface area contributed by atoms with E-state index in [4.69, 9.17) is 10.5 Å². The van der Waals surface area contributed by atoms with E-state index in [1.54, 1.807) is 31.4 Å². The average Bonchev–Trinajstić information content (AvgIpc) is 2.75. The Kier molecular flexibility index (Phi) is 6.81. The SMILES string of the molecule is CCCn1c(N)c(N2CCCCC2)c(=O)n(CC(=O)Nc2ccc(OC)cc2)c1=O. The Hall–Kier alpha value is -3.23. The Balaban J connectivity index is 1.93. The van der Waals surface area contributed by atoms with Crippen molar-refractivity contribution in [1.29, 1.82) is 0 Å². The van der Waals surface area contributed by atoms with Crippen molar-refractivity contribution in [1.82, 2.24) is 9.13 Å². The summed E-state index contributed by atoms with van der Waals surface area (Å²) in [5.74, 6) is 0.383. The van der Waals surface area contributed by atoms with E-state index in [1.165, 1.54) is 4.57 Å². The first-order valence-corrected chi connectivity index (χ1v) is 10.3. The monoisotopic (exact) mass is 415 g/mol. The molecule has 3 rings (SSSR count). The molecule has 1 amide bonds. The van der Waals surface area contributed by atoms with Crippen molar-refractivity contribution in [3.63, 3.8) is 0 Å². The normalized spacial score (nSPS) is 13.9. The number of nitrogen functional groups attached to an aromatic ring is 1. The Morgan fingerprint density at radius 2 is 1.77 bits per heavy atom. The van der Waals surface area contributed by atoms with Gasteiger partial charge in [0.2, 0.25) is 5.91 Å². The maximum absolute atomic E-state index is 13.2. The van der Waals surface area contributed by atoms with Gasteiger partial charge in [0.25, 0.3) is 5.56 Å². The molecule has 1 aromatic carbocycles. The first-order chi connectivity index (χ1) is 14.5. The smallest absolute Gasteiger partial charge is 0.333 e. The van der Waals surface area contributed by atoms with Crippen LogP contribution in [0.25, 0.3) is 0 Å². The second kappa shape index (κ2) is 9.51. The minimum absolute atomic E-state index is 0.181. The number of nitrogens with one attached hydrogen (secondary N) is 1. The van der Waals surface area contributed by atoms with Crippen LogP contribution in [0, 0.1) is 0 Å². The molecule has 1 aromatic heterocycles. The lowest BCUT2D eigenvalue weighted by molar-refractivity contribution is -0.116. The van der Waals surface area contributed by atoms with Crippen LogP contribution in [0.1, 0.15) is 32.6 Å². The maximum atomic E-state index is 13.2. The lowest BCUT2D eigenvalue weighted by Gasteiger charge is -2.30. The van der Waals surface area contributed by atoms with Gasteiger partial charge < -0.3 is 20.7 Å². The van der Waals surface area contributed by atoms with Crippen LogP contribution in [0.5, 0.6) is 5.75 Å². The number of nitrogens with two attached hydrogens (primary N) is 1. The van der Waals surface area contributed by atoms with Gasteiger partial charge >= 0.3 is 5.69 Å². The summed E-state index contributed by atoms with van der Waals surface area (Å²) in [6, 6.07) is 6.81. The van der Waals surface area contributed by atoms with Gasteiger partial charge in [0.05, 0.1) is 7.11 Å². The topological polar surface area (TPSA) is 112 Å². The number of carbonyl (C=O) groups excluding carboxylic acids is 1. The predicted molar refractivity (Wildman–Crippen MR) is 117 cm³/mol. The highest BCUT2D eigenvalue weighted by Crippen LogP contribution is 2.22. The number of amides is 1. The standard InChI is InChI=1S/C21H29N5O4/c1-3-11-25-19(22)18(24-12-5-4-6-13-24)20(28)26(21(25)29)14-17(27)23-15-7-9-16(30-2)10-8-15/h7-10H,3-6,11-14,22H2,1-2H3,(H,23,27). The van der Waals surface area contributed by atoms with Crippen molar-refractivity contribution < 1.29 is 9.53 Å². The quantitative estimate of drug-likeness (QED) is 0.711. The van der Waals surface area contributed by atoms with E-state index < -0.39 is 17.2 Å². The third kappa shape index (κ3) is 4.50. The lowest BCUT2D eigenvalue weighted by atomic mass is 10.1. The Bertz CT molecular complexity index is 1000. The van der Waals surface area contributed by atoms with E-state index in [0.717, 1.165) is 23.8 Å². The molecule has 1 fully saturated rings. The van der Waals surface area contributed by atoms with Crippen molar-refractivity contribution in [2.24, 2.45) is 0 Å². The van der Waals surface area contributed by atoms with Gasteiger partial charge in [-0.25, -0.2) is 9.36 Å². The molecule has 2 heterocycles. The molecule has 9 heteroatoms. The summed E-state index contributed by atoms with van der Waals surface area (Å²) in [5, 5.41) is 2.71. The second-order valence-electron chi connectivity index (χ2n) is 7.38. The molecule has 0 unspecified atom stereocenters. The van der Waals surface area contributed by atoms with Crippen LogP contribution in [0.3, 0.4) is 0 Å². The molecule has 0 bridgehead atoms. The highest BCUT2D eigenvalue weighted by molar-refractivity contribution is 5.90. The molecule has 162 valence electrons. The van der Waals surface area contributed by atoms with E-state index in [0.29, 0.717) is 43.2 Å². The predicted octanol–water partition coefficient (Wildman–Crippen LogP) is 1.64. The third-order valence-electron chi connectivity index (χ3n) is 5.24. The number of rotatable bonds is 7. The fraction of sp³-hybridized carbons (Fsp3) is 0.476. The van der Waals surface area contributed by atoms with Crippen molar-refractivity contribution in [2.75, 3.05) is 36.1 Å². The zero-order valence-electron chi connectivity index (χ0n) is 17.5. The van der Waals surface area contributed by atoms with E-state index >= 15 is 0 Å². The molecule has 0 atom stereocenters. The highest BCUT2D eigenvalue weighted by Gasteiger charge is 2.24. The minimum Gasteiger partial charge on any atom is -0.497 e. The third-order valence-corrected chi connectivity index (χ3v) is 5.24. The first-order valence-electron chi connectivity index (χ1n) is 10.3. The zero-order chi connectivity index (χ0) is 21.7. The molecule has 2 aromatic rings. The van der Waals surface area contributed by atoms with Crippen molar-refractivity contribution in [2.45, 2.75) is 45.7 Å². The first kappa shape index (κ1) is 21.5. The van der Waals surface area contributed by atoms with Crippen LogP contribution < -0.4 is 31.9 Å². The fourth-order valence-electron chi connectivity index (χ4n) is 3.71. The van der Waals surface area contributed by atoms with Crippen molar-refractivity contribution >= 4 is 23.1 Å². The maximum Gasteiger partial charge on any atom is 0.333 e. The summed E-state index contributed by atoms with van der Waals surface area (Å²) in [7, 11) is 1.56. The van der Waals surface area contributed by atoms with Crippen molar-refractivity contribution in [3.8, 4) is 5.75 Å². The summed E-state index contributed by atoms with van der Waals surface area (Å²) >= 11 is 0. The highest BCUT2D eigenvalue weighted by atomic mass is 16.5. The molecular formula is C21H29N5O4. The summed E-state index contributed by atoms with van der Waals surface area (Å²) in [4.78, 5) is 40.6. The number of methoxy groups -OCH3 is 1. The average molecular weight is 415 g/mol. The van der Waals surface area contributed by atoms with Crippen LogP contribution in [0.4, 0.5) is 17.2 Å². The number of hydrogen-bond donors (Lipinski definition) is 2. The van der Waals surface area contributed by atoms with Crippen LogP contribution in [0.15, 0.2) is 33.9 Å². The molecule has 30 heavy (non-hydrogen) atoms. The van der Waals surface area contributed by atoms with Gasteiger partial charge in [-0.1, -0.05) is 6.92 Å². The summed E-state index contributed by atoms with van der Waals surface area (Å²) < 4.78 is 7.48. The molecule has 1 aliphatic heterocycles. The fourth-order valence-corrected chi connectivity index (χ4v) is 3.71. The second-order valence-corrected chi connectivity index (χ2v) is 7.38. The van der Waals surface area contributed by atoms with Crippen LogP contribution in [-0.4, -0.2) is 35.2 Å². The number of benzene rings is 1. The minimum atomic E-state index is -0.565. The van der Waals surface area contributed by atoms with Crippen LogP contribution >= 0.6 is 0 Å². The molecule has 1 aliphatic rings. The van der Waals surface area contributed by atoms with E-state index in [1.807, 2.05) is 11.8 Å². The molecule has 3 N–H and O–H groups in total. The number of anilines is 3. The molecule has 0 radical (unpaired) electrons. The van der Waals surface area contributed by atoms with Gasteiger partial charge in [0, 0.05) is 25.3 Å². The number of nitrogens with zero attached hydrogens (tertiary/aromatic N) is 3. The summed E-state index contributed by atoms with van der Waals surface area (Å²) in [6.07, 6.45) is 3.71. The number of ether oxygens (including phenoxy) is 1.